The van der Waals surface area contributed by atoms with Crippen LogP contribution in [0.5, 0.6) is 0 Å². The summed E-state index contributed by atoms with van der Waals surface area (Å²) in [7, 11) is 0. The van der Waals surface area contributed by atoms with Crippen LogP contribution >= 0.6 is 15.9 Å². The van der Waals surface area contributed by atoms with Gasteiger partial charge in [-0.15, -0.1) is 0 Å². The number of alkyl halides is 1. The van der Waals surface area contributed by atoms with Crippen molar-refractivity contribution in [3.8, 4) is 0 Å². The molecule has 11 heavy (non-hydrogen) atoms. The Morgan fingerprint density at radius 3 is 3.00 bits per heavy atom. The van der Waals surface area contributed by atoms with E-state index in [-0.39, 0.29) is 0 Å². The first-order valence-corrected chi connectivity index (χ1v) is 5.25. The van der Waals surface area contributed by atoms with Gasteiger partial charge in [0, 0.05) is 11.8 Å². The Kier molecular flexibility index (Phi) is 3.84. The van der Waals surface area contributed by atoms with Crippen molar-refractivity contribution in [2.24, 2.45) is 0 Å². The Balaban J connectivity index is 2.41. The third-order valence-corrected chi connectivity index (χ3v) is 2.50. The molecule has 0 aliphatic heterocycles. The highest BCUT2D eigenvalue weighted by Gasteiger charge is 2.11. The summed E-state index contributed by atoms with van der Waals surface area (Å²) in [6, 6.07) is 0. The van der Waals surface area contributed by atoms with E-state index in [9.17, 15) is 4.79 Å². The van der Waals surface area contributed by atoms with Crippen LogP contribution in [-0.4, -0.2) is 11.1 Å². The van der Waals surface area contributed by atoms with Crippen LogP contribution in [0.2, 0.25) is 0 Å². The molecule has 2 heteroatoms. The second-order valence-corrected chi connectivity index (χ2v) is 3.63. The molecule has 62 valence electrons. The smallest absolute Gasteiger partial charge is 0.158 e. The van der Waals surface area contributed by atoms with E-state index in [0.29, 0.717) is 5.78 Å². The van der Waals surface area contributed by atoms with E-state index in [1.165, 1.54) is 0 Å². The summed E-state index contributed by atoms with van der Waals surface area (Å²) in [5.74, 6) is 0.372. The van der Waals surface area contributed by atoms with Crippen LogP contribution in [0.1, 0.15) is 32.1 Å². The number of hydrogen-bond acceptors (Lipinski definition) is 1. The lowest BCUT2D eigenvalue weighted by atomic mass is 9.95. The second-order valence-electron chi connectivity index (χ2n) is 2.84. The maximum Gasteiger partial charge on any atom is 0.158 e. The lowest BCUT2D eigenvalue weighted by Gasteiger charge is -2.10. The van der Waals surface area contributed by atoms with Crippen molar-refractivity contribution in [3.63, 3.8) is 0 Å². The number of allylic oxidation sites excluding steroid dienone is 2. The van der Waals surface area contributed by atoms with E-state index in [0.717, 1.165) is 43.0 Å². The summed E-state index contributed by atoms with van der Waals surface area (Å²) < 4.78 is 0. The zero-order valence-corrected chi connectivity index (χ0v) is 8.19. The van der Waals surface area contributed by atoms with E-state index in [1.807, 2.05) is 0 Å². The average molecular weight is 217 g/mol. The molecular formula is C9H13BrO. The summed E-state index contributed by atoms with van der Waals surface area (Å²) in [5, 5.41) is 0.998. The molecule has 0 unspecified atom stereocenters. The molecule has 0 atom stereocenters. The van der Waals surface area contributed by atoms with Gasteiger partial charge in [-0.05, 0) is 31.3 Å². The standard InChI is InChI=1S/C9H13BrO/c10-7-3-5-8-4-1-2-6-9(8)11/h4H,1-3,5-7H2. The molecule has 1 rings (SSSR count). The lowest BCUT2D eigenvalue weighted by Crippen LogP contribution is -2.06. The van der Waals surface area contributed by atoms with Crippen molar-refractivity contribution >= 4 is 21.7 Å². The maximum atomic E-state index is 11.2. The minimum Gasteiger partial charge on any atom is -0.295 e. The molecule has 0 aromatic heterocycles. The van der Waals surface area contributed by atoms with Crippen molar-refractivity contribution in [1.82, 2.24) is 0 Å². The van der Waals surface area contributed by atoms with E-state index in [1.54, 1.807) is 0 Å². The largest absolute Gasteiger partial charge is 0.295 e. The first-order chi connectivity index (χ1) is 5.34. The van der Waals surface area contributed by atoms with Crippen molar-refractivity contribution in [1.29, 1.82) is 0 Å². The SMILES string of the molecule is O=C1CCCC=C1CCCBr. The van der Waals surface area contributed by atoms with Crippen LogP contribution in [0.25, 0.3) is 0 Å². The Bertz CT molecular complexity index is 172. The average Bonchev–Trinajstić information content (AvgIpc) is 2.03. The fraction of sp³-hybridized carbons (Fsp3) is 0.667. The summed E-state index contributed by atoms with van der Waals surface area (Å²) in [4.78, 5) is 11.2. The molecule has 0 heterocycles. The Morgan fingerprint density at radius 1 is 1.55 bits per heavy atom. The first kappa shape index (κ1) is 8.98. The zero-order valence-electron chi connectivity index (χ0n) is 6.61. The van der Waals surface area contributed by atoms with Crippen LogP contribution < -0.4 is 0 Å². The lowest BCUT2D eigenvalue weighted by molar-refractivity contribution is -0.116. The Labute approximate surface area is 76.0 Å². The molecule has 0 amide bonds. The van der Waals surface area contributed by atoms with Gasteiger partial charge in [-0.1, -0.05) is 22.0 Å². The van der Waals surface area contributed by atoms with Gasteiger partial charge >= 0.3 is 0 Å². The molecule has 0 radical (unpaired) electrons. The van der Waals surface area contributed by atoms with Gasteiger partial charge in [0.25, 0.3) is 0 Å². The highest BCUT2D eigenvalue weighted by molar-refractivity contribution is 9.09. The van der Waals surface area contributed by atoms with Crippen molar-refractivity contribution < 1.29 is 4.79 Å². The molecule has 0 bridgehead atoms. The quantitative estimate of drug-likeness (QED) is 0.664. The highest BCUT2D eigenvalue weighted by Crippen LogP contribution is 2.18. The first-order valence-electron chi connectivity index (χ1n) is 4.13. The van der Waals surface area contributed by atoms with Crippen molar-refractivity contribution in [2.45, 2.75) is 32.1 Å². The predicted octanol–water partition coefficient (Wildman–Crippen LogP) is 2.84. The molecule has 0 fully saturated rings. The summed E-state index contributed by atoms with van der Waals surface area (Å²) >= 11 is 3.36. The number of rotatable bonds is 3. The van der Waals surface area contributed by atoms with Crippen LogP contribution in [0.15, 0.2) is 11.6 Å². The molecule has 1 nitrogen and oxygen atoms in total. The minimum atomic E-state index is 0.372. The van der Waals surface area contributed by atoms with E-state index in [2.05, 4.69) is 22.0 Å². The van der Waals surface area contributed by atoms with E-state index >= 15 is 0 Å². The molecule has 0 aromatic carbocycles. The van der Waals surface area contributed by atoms with Crippen molar-refractivity contribution in [3.05, 3.63) is 11.6 Å². The highest BCUT2D eigenvalue weighted by atomic mass is 79.9. The maximum absolute atomic E-state index is 11.2. The summed E-state index contributed by atoms with van der Waals surface area (Å²) in [5.41, 5.74) is 1.07. The molecular weight excluding hydrogens is 204 g/mol. The molecule has 0 saturated carbocycles. The monoisotopic (exact) mass is 216 g/mol. The Morgan fingerprint density at radius 2 is 2.36 bits per heavy atom. The zero-order chi connectivity index (χ0) is 8.10. The van der Waals surface area contributed by atoms with Crippen LogP contribution in [0.3, 0.4) is 0 Å². The van der Waals surface area contributed by atoms with Crippen LogP contribution in [0, 0.1) is 0 Å². The number of carbonyl (C=O) groups is 1. The Hall–Kier alpha value is -0.110. The number of carbonyl (C=O) groups excluding carboxylic acids is 1. The number of hydrogen-bond donors (Lipinski definition) is 0. The molecule has 0 spiro atoms. The van der Waals surface area contributed by atoms with Gasteiger partial charge in [0.15, 0.2) is 5.78 Å². The fourth-order valence-corrected chi connectivity index (χ4v) is 1.59. The number of Topliss-reactive ketones (excluding diaryl/α,β-unsaturated/α-hetero) is 1. The summed E-state index contributed by atoms with van der Waals surface area (Å²) in [6.45, 7) is 0. The van der Waals surface area contributed by atoms with Gasteiger partial charge in [-0.25, -0.2) is 0 Å². The minimum absolute atomic E-state index is 0.372. The number of halogens is 1. The van der Waals surface area contributed by atoms with Gasteiger partial charge in [-0.2, -0.15) is 0 Å². The van der Waals surface area contributed by atoms with Gasteiger partial charge < -0.3 is 0 Å². The third-order valence-electron chi connectivity index (χ3n) is 1.94. The van der Waals surface area contributed by atoms with E-state index in [4.69, 9.17) is 0 Å². The molecule has 1 aliphatic carbocycles. The topological polar surface area (TPSA) is 17.1 Å². The molecule has 0 saturated heterocycles. The molecule has 1 aliphatic rings. The molecule has 0 aromatic rings. The van der Waals surface area contributed by atoms with Gasteiger partial charge in [0.1, 0.15) is 0 Å². The van der Waals surface area contributed by atoms with Gasteiger partial charge in [0.2, 0.25) is 0 Å². The van der Waals surface area contributed by atoms with Crippen LogP contribution in [-0.2, 0) is 4.79 Å². The van der Waals surface area contributed by atoms with Gasteiger partial charge in [-0.3, -0.25) is 4.79 Å². The van der Waals surface area contributed by atoms with Crippen molar-refractivity contribution in [2.75, 3.05) is 5.33 Å². The third kappa shape index (κ3) is 2.78. The number of ketones is 1. The normalized spacial score (nSPS) is 18.3. The second kappa shape index (κ2) is 4.70. The summed E-state index contributed by atoms with van der Waals surface area (Å²) in [6.07, 6.45) is 7.07. The fourth-order valence-electron chi connectivity index (χ4n) is 1.31. The predicted molar refractivity (Wildman–Crippen MR) is 50.0 cm³/mol. The van der Waals surface area contributed by atoms with E-state index < -0.39 is 0 Å². The van der Waals surface area contributed by atoms with Gasteiger partial charge in [0.05, 0.1) is 0 Å². The van der Waals surface area contributed by atoms with Crippen LogP contribution in [0.4, 0.5) is 0 Å². The molecule has 0 N–H and O–H groups in total.